The molecule has 3 heterocycles. The number of fused-ring (bicyclic) bond motifs is 1. The van der Waals surface area contributed by atoms with Crippen molar-refractivity contribution in [2.45, 2.75) is 51.0 Å². The Balaban J connectivity index is 1.34. The van der Waals surface area contributed by atoms with Crippen LogP contribution in [-0.4, -0.2) is 70.9 Å². The number of carbonyl (C=O) groups excluding carboxylic acids is 2. The molecule has 0 radical (unpaired) electrons. The van der Waals surface area contributed by atoms with Gasteiger partial charge in [0, 0.05) is 63.2 Å². The van der Waals surface area contributed by atoms with E-state index in [-0.39, 0.29) is 23.5 Å². The summed E-state index contributed by atoms with van der Waals surface area (Å²) in [5.74, 6) is -0.330. The Morgan fingerprint density at radius 3 is 2.79 bits per heavy atom. The molecule has 1 saturated carbocycles. The Bertz CT molecular complexity index is 1110. The van der Waals surface area contributed by atoms with Gasteiger partial charge < -0.3 is 19.8 Å². The van der Waals surface area contributed by atoms with E-state index in [1.54, 1.807) is 11.0 Å². The topological polar surface area (TPSA) is 71.7 Å². The lowest BCUT2D eigenvalue weighted by Gasteiger charge is -2.34. The molecule has 1 saturated heterocycles. The first kappa shape index (κ1) is 21.9. The van der Waals surface area contributed by atoms with Gasteiger partial charge in [-0.15, -0.1) is 0 Å². The molecule has 1 aliphatic carbocycles. The van der Waals surface area contributed by atoms with Gasteiger partial charge in [0.25, 0.3) is 5.91 Å². The van der Waals surface area contributed by atoms with Crippen LogP contribution in [0.2, 0.25) is 0 Å². The van der Waals surface area contributed by atoms with E-state index in [1.807, 2.05) is 42.2 Å². The number of aromatic nitrogens is 1. The number of aromatic amines is 1. The fraction of sp³-hybridized carbons (Fsp3) is 0.520. The lowest BCUT2D eigenvalue weighted by Crippen LogP contribution is -2.41. The number of hydrogen-bond acceptors (Lipinski definition) is 4. The van der Waals surface area contributed by atoms with Crippen LogP contribution in [0, 0.1) is 12.7 Å². The van der Waals surface area contributed by atoms with Crippen molar-refractivity contribution in [2.24, 2.45) is 0 Å². The van der Waals surface area contributed by atoms with Gasteiger partial charge in [0.05, 0.1) is 5.52 Å². The van der Waals surface area contributed by atoms with Crippen LogP contribution in [0.5, 0.6) is 0 Å². The molecule has 1 aromatic carbocycles. The number of halogens is 1. The van der Waals surface area contributed by atoms with Crippen molar-refractivity contribution < 1.29 is 14.0 Å². The highest BCUT2D eigenvalue weighted by atomic mass is 19.1. The molecule has 1 atom stereocenters. The molecular weight excluding hydrogens is 421 g/mol. The quantitative estimate of drug-likeness (QED) is 0.704. The average Bonchev–Trinajstić information content (AvgIpc) is 3.35. The Morgan fingerprint density at radius 2 is 2.06 bits per heavy atom. The molecule has 3 aliphatic rings. The normalized spacial score (nSPS) is 20.6. The molecule has 5 rings (SSSR count). The van der Waals surface area contributed by atoms with Gasteiger partial charge >= 0.3 is 0 Å². The van der Waals surface area contributed by atoms with E-state index in [0.717, 1.165) is 49.7 Å². The summed E-state index contributed by atoms with van der Waals surface area (Å²) >= 11 is 0. The second kappa shape index (κ2) is 8.82. The molecule has 2 aliphatic heterocycles. The number of benzene rings is 1. The fourth-order valence-corrected chi connectivity index (χ4v) is 5.08. The van der Waals surface area contributed by atoms with Crippen LogP contribution in [0.15, 0.2) is 24.4 Å². The first-order chi connectivity index (χ1) is 15.9. The summed E-state index contributed by atoms with van der Waals surface area (Å²) in [7, 11) is 1.81. The van der Waals surface area contributed by atoms with Crippen molar-refractivity contribution >= 4 is 22.7 Å². The highest BCUT2D eigenvalue weighted by Gasteiger charge is 2.32. The van der Waals surface area contributed by atoms with E-state index < -0.39 is 0 Å². The van der Waals surface area contributed by atoms with Gasteiger partial charge in [-0.2, -0.15) is 0 Å². The number of carbonyl (C=O) groups is 2. The number of rotatable bonds is 6. The maximum Gasteiger partial charge on any atom is 0.270 e. The third-order valence-electron chi connectivity index (χ3n) is 7.21. The van der Waals surface area contributed by atoms with Crippen molar-refractivity contribution in [3.8, 4) is 0 Å². The zero-order valence-electron chi connectivity index (χ0n) is 19.4. The van der Waals surface area contributed by atoms with Gasteiger partial charge in [-0.25, -0.2) is 9.82 Å². The van der Waals surface area contributed by atoms with Crippen LogP contribution in [0.4, 0.5) is 4.39 Å². The van der Waals surface area contributed by atoms with Crippen LogP contribution < -0.4 is 5.43 Å². The first-order valence-electron chi connectivity index (χ1n) is 12.0. The van der Waals surface area contributed by atoms with Crippen molar-refractivity contribution in [1.82, 2.24) is 25.2 Å². The number of H-pyrrole nitrogens is 1. The van der Waals surface area contributed by atoms with E-state index in [1.165, 1.54) is 0 Å². The Labute approximate surface area is 193 Å². The summed E-state index contributed by atoms with van der Waals surface area (Å²) in [4.78, 5) is 32.3. The van der Waals surface area contributed by atoms with E-state index in [9.17, 15) is 9.59 Å². The van der Waals surface area contributed by atoms with Crippen LogP contribution in [0.25, 0.3) is 10.9 Å². The molecule has 33 heavy (non-hydrogen) atoms. The molecule has 176 valence electrons. The molecular formula is C25H32FN5O2. The summed E-state index contributed by atoms with van der Waals surface area (Å²) in [5, 5.41) is 2.68. The van der Waals surface area contributed by atoms with Crippen LogP contribution in [0.3, 0.4) is 0 Å². The lowest BCUT2D eigenvalue weighted by molar-refractivity contribution is -0.132. The lowest BCUT2D eigenvalue weighted by atomic mass is 9.88. The zero-order chi connectivity index (χ0) is 23.1. The number of nitrogens with zero attached hydrogens (tertiary/aromatic N) is 3. The van der Waals surface area contributed by atoms with Crippen LogP contribution >= 0.6 is 0 Å². The van der Waals surface area contributed by atoms with Crippen molar-refractivity contribution in [2.75, 3.05) is 33.2 Å². The van der Waals surface area contributed by atoms with E-state index in [0.29, 0.717) is 42.3 Å². The monoisotopic (exact) mass is 453 g/mol. The van der Waals surface area contributed by atoms with Crippen molar-refractivity contribution in [3.05, 3.63) is 47.0 Å². The van der Waals surface area contributed by atoms with E-state index in [2.05, 4.69) is 10.4 Å². The third-order valence-corrected chi connectivity index (χ3v) is 7.21. The predicted molar refractivity (Wildman–Crippen MR) is 125 cm³/mol. The Morgan fingerprint density at radius 1 is 1.24 bits per heavy atom. The standard InChI is InChI=1S/C25H32FN5O2/c1-16-13-20(17-5-3-10-30(15-17)22(32)8-12-31-11-4-9-27-31)23(26)24-19(16)14-21(28-24)25(33)29(2)18-6-7-18/h4,11,13-14,17-18,27-28H,3,5-10,12,15H2,1-2H3. The minimum Gasteiger partial charge on any atom is -0.348 e. The Hall–Kier alpha value is -2.87. The molecule has 7 nitrogen and oxygen atoms in total. The number of piperidine rings is 1. The number of likely N-dealkylation sites (tertiary alicyclic amines) is 1. The minimum atomic E-state index is -0.297. The predicted octanol–water partition coefficient (Wildman–Crippen LogP) is 3.28. The average molecular weight is 454 g/mol. The maximum atomic E-state index is 15.7. The van der Waals surface area contributed by atoms with Crippen LogP contribution in [0.1, 0.15) is 59.6 Å². The molecule has 2 fully saturated rings. The molecule has 1 unspecified atom stereocenters. The number of amides is 2. The van der Waals surface area contributed by atoms with Crippen molar-refractivity contribution in [1.29, 1.82) is 0 Å². The number of hydrazine groups is 1. The number of nitrogens with one attached hydrogen (secondary N) is 2. The number of aryl methyl sites for hydroxylation is 1. The second-order valence-corrected chi connectivity index (χ2v) is 9.58. The molecule has 0 bridgehead atoms. The summed E-state index contributed by atoms with van der Waals surface area (Å²) < 4.78 is 15.7. The van der Waals surface area contributed by atoms with Crippen LogP contribution in [-0.2, 0) is 4.79 Å². The summed E-state index contributed by atoms with van der Waals surface area (Å²) in [6.07, 6.45) is 8.17. The smallest absolute Gasteiger partial charge is 0.270 e. The molecule has 2 aromatic rings. The SMILES string of the molecule is Cc1cc(C2CCCN(C(=O)CCN3C=CCN3)C2)c(F)c2[nH]c(C(=O)N(C)C3CC3)cc12. The van der Waals surface area contributed by atoms with Gasteiger partial charge in [0.15, 0.2) is 5.82 Å². The zero-order valence-corrected chi connectivity index (χ0v) is 19.4. The first-order valence-corrected chi connectivity index (χ1v) is 12.0. The molecule has 2 amide bonds. The Kier molecular flexibility index (Phi) is 5.86. The second-order valence-electron chi connectivity index (χ2n) is 9.58. The fourth-order valence-electron chi connectivity index (χ4n) is 5.08. The summed E-state index contributed by atoms with van der Waals surface area (Å²) in [5.41, 5.74) is 5.59. The molecule has 8 heteroatoms. The van der Waals surface area contributed by atoms with Gasteiger partial charge in [-0.1, -0.05) is 12.1 Å². The molecule has 0 spiro atoms. The van der Waals surface area contributed by atoms with Gasteiger partial charge in [0.2, 0.25) is 5.91 Å². The minimum absolute atomic E-state index is 0.0489. The highest BCUT2D eigenvalue weighted by Crippen LogP contribution is 2.35. The van der Waals surface area contributed by atoms with Gasteiger partial charge in [-0.3, -0.25) is 9.59 Å². The largest absolute Gasteiger partial charge is 0.348 e. The van der Waals surface area contributed by atoms with Gasteiger partial charge in [-0.05, 0) is 49.8 Å². The highest BCUT2D eigenvalue weighted by molar-refractivity contribution is 5.99. The number of hydrogen-bond donors (Lipinski definition) is 2. The summed E-state index contributed by atoms with van der Waals surface area (Å²) in [6.45, 7) is 4.63. The molecule has 2 N–H and O–H groups in total. The maximum absolute atomic E-state index is 15.7. The third kappa shape index (κ3) is 4.36. The molecule has 1 aromatic heterocycles. The van der Waals surface area contributed by atoms with Gasteiger partial charge in [0.1, 0.15) is 5.69 Å². The van der Waals surface area contributed by atoms with E-state index >= 15 is 4.39 Å². The van der Waals surface area contributed by atoms with E-state index in [4.69, 9.17) is 0 Å². The summed E-state index contributed by atoms with van der Waals surface area (Å²) in [6, 6.07) is 3.98. The van der Waals surface area contributed by atoms with Crippen molar-refractivity contribution in [3.63, 3.8) is 0 Å².